The van der Waals surface area contributed by atoms with Crippen LogP contribution in [0.3, 0.4) is 0 Å². The van der Waals surface area contributed by atoms with E-state index in [2.05, 4.69) is 11.9 Å². The molecule has 1 aromatic rings. The van der Waals surface area contributed by atoms with Crippen molar-refractivity contribution in [1.29, 1.82) is 0 Å². The Kier molecular flexibility index (Phi) is 1.71. The highest BCUT2D eigenvalue weighted by molar-refractivity contribution is 5.01. The van der Waals surface area contributed by atoms with Gasteiger partial charge in [-0.25, -0.2) is 4.98 Å². The zero-order chi connectivity index (χ0) is 8.55. The largest absolute Gasteiger partial charge is 0.296 e. The van der Waals surface area contributed by atoms with E-state index >= 15 is 0 Å². The van der Waals surface area contributed by atoms with Crippen molar-refractivity contribution in [2.75, 3.05) is 0 Å². The van der Waals surface area contributed by atoms with Crippen LogP contribution < -0.4 is 5.56 Å². The minimum absolute atomic E-state index is 0.0894. The number of fused-ring (bicyclic) bond motifs is 1. The highest BCUT2D eigenvalue weighted by Gasteiger charge is 2.17. The first-order valence-electron chi connectivity index (χ1n) is 4.35. The zero-order valence-corrected chi connectivity index (χ0v) is 7.16. The van der Waals surface area contributed by atoms with Gasteiger partial charge in [0, 0.05) is 24.7 Å². The van der Waals surface area contributed by atoms with E-state index in [0.29, 0.717) is 5.92 Å². The van der Waals surface area contributed by atoms with Gasteiger partial charge in [-0.3, -0.25) is 9.36 Å². The molecule has 2 rings (SSSR count). The summed E-state index contributed by atoms with van der Waals surface area (Å²) in [4.78, 5) is 15.6. The molecule has 64 valence electrons. The van der Waals surface area contributed by atoms with E-state index in [0.717, 1.165) is 25.2 Å². The second kappa shape index (κ2) is 2.73. The Morgan fingerprint density at radius 3 is 3.25 bits per heavy atom. The highest BCUT2D eigenvalue weighted by atomic mass is 16.1. The van der Waals surface area contributed by atoms with Crippen molar-refractivity contribution in [2.24, 2.45) is 0 Å². The van der Waals surface area contributed by atoms with Crippen LogP contribution in [-0.2, 0) is 6.54 Å². The fourth-order valence-corrected chi connectivity index (χ4v) is 1.75. The molecule has 1 aromatic heterocycles. The van der Waals surface area contributed by atoms with Gasteiger partial charge in [0.25, 0.3) is 5.56 Å². The molecule has 2 heterocycles. The molecule has 0 aromatic carbocycles. The van der Waals surface area contributed by atoms with Crippen LogP contribution in [0.25, 0.3) is 0 Å². The van der Waals surface area contributed by atoms with E-state index in [1.165, 1.54) is 6.07 Å². The molecule has 0 aliphatic carbocycles. The Bertz CT molecular complexity index is 343. The van der Waals surface area contributed by atoms with Crippen molar-refractivity contribution in [3.63, 3.8) is 0 Å². The lowest BCUT2D eigenvalue weighted by atomic mass is 10.0. The molecule has 0 amide bonds. The van der Waals surface area contributed by atoms with Crippen LogP contribution >= 0.6 is 0 Å². The average molecular weight is 164 g/mol. The van der Waals surface area contributed by atoms with Gasteiger partial charge in [-0.05, 0) is 12.8 Å². The monoisotopic (exact) mass is 164 g/mol. The van der Waals surface area contributed by atoms with E-state index in [4.69, 9.17) is 0 Å². The normalized spacial score (nSPS) is 21.9. The lowest BCUT2D eigenvalue weighted by Gasteiger charge is -2.21. The summed E-state index contributed by atoms with van der Waals surface area (Å²) in [6.45, 7) is 2.96. The molecule has 1 unspecified atom stereocenters. The Balaban J connectivity index is 2.59. The summed E-state index contributed by atoms with van der Waals surface area (Å²) in [5.74, 6) is 1.39. The van der Waals surface area contributed by atoms with Crippen LogP contribution in [0.15, 0.2) is 17.1 Å². The van der Waals surface area contributed by atoms with Gasteiger partial charge in [0.05, 0.1) is 0 Å². The molecule has 0 saturated heterocycles. The van der Waals surface area contributed by atoms with E-state index in [9.17, 15) is 4.79 Å². The lowest BCUT2D eigenvalue weighted by Crippen LogP contribution is -2.28. The van der Waals surface area contributed by atoms with Gasteiger partial charge in [0.2, 0.25) is 0 Å². The maximum absolute atomic E-state index is 11.3. The Morgan fingerprint density at radius 1 is 1.67 bits per heavy atom. The smallest absolute Gasteiger partial charge is 0.253 e. The predicted octanol–water partition coefficient (Wildman–Crippen LogP) is 1.14. The molecule has 1 aliphatic rings. The summed E-state index contributed by atoms with van der Waals surface area (Å²) in [7, 11) is 0. The van der Waals surface area contributed by atoms with Crippen LogP contribution in [0.1, 0.15) is 31.5 Å². The van der Waals surface area contributed by atoms with Gasteiger partial charge >= 0.3 is 0 Å². The van der Waals surface area contributed by atoms with Gasteiger partial charge in [0.15, 0.2) is 0 Å². The highest BCUT2D eigenvalue weighted by Crippen LogP contribution is 2.22. The van der Waals surface area contributed by atoms with Crippen molar-refractivity contribution in [2.45, 2.75) is 32.2 Å². The summed E-state index contributed by atoms with van der Waals surface area (Å²) in [6.07, 6.45) is 3.85. The second-order valence-electron chi connectivity index (χ2n) is 3.34. The molecule has 0 N–H and O–H groups in total. The molecule has 0 saturated carbocycles. The predicted molar refractivity (Wildman–Crippen MR) is 46.1 cm³/mol. The average Bonchev–Trinajstić information content (AvgIpc) is 2.07. The van der Waals surface area contributed by atoms with Gasteiger partial charge in [-0.1, -0.05) is 6.92 Å². The minimum Gasteiger partial charge on any atom is -0.296 e. The number of aromatic nitrogens is 2. The van der Waals surface area contributed by atoms with Gasteiger partial charge in [0.1, 0.15) is 5.82 Å². The Labute approximate surface area is 71.1 Å². The maximum Gasteiger partial charge on any atom is 0.253 e. The molecule has 0 fully saturated rings. The van der Waals surface area contributed by atoms with Gasteiger partial charge in [-0.15, -0.1) is 0 Å². The van der Waals surface area contributed by atoms with Crippen molar-refractivity contribution in [1.82, 2.24) is 9.55 Å². The Morgan fingerprint density at radius 2 is 2.50 bits per heavy atom. The summed E-state index contributed by atoms with van der Waals surface area (Å²) in [5, 5.41) is 0. The first-order chi connectivity index (χ1) is 5.79. The van der Waals surface area contributed by atoms with Crippen molar-refractivity contribution in [3.8, 4) is 0 Å². The van der Waals surface area contributed by atoms with Crippen molar-refractivity contribution < 1.29 is 0 Å². The first kappa shape index (κ1) is 7.53. The lowest BCUT2D eigenvalue weighted by molar-refractivity contribution is 0.442. The molecule has 0 bridgehead atoms. The summed E-state index contributed by atoms with van der Waals surface area (Å²) in [6, 6.07) is 1.53. The third-order valence-corrected chi connectivity index (χ3v) is 2.43. The second-order valence-corrected chi connectivity index (χ2v) is 3.34. The van der Waals surface area contributed by atoms with Gasteiger partial charge in [-0.2, -0.15) is 0 Å². The van der Waals surface area contributed by atoms with Gasteiger partial charge < -0.3 is 0 Å². The van der Waals surface area contributed by atoms with E-state index in [1.807, 2.05) is 0 Å². The fourth-order valence-electron chi connectivity index (χ4n) is 1.75. The van der Waals surface area contributed by atoms with Crippen LogP contribution in [-0.4, -0.2) is 9.55 Å². The summed E-state index contributed by atoms with van der Waals surface area (Å²) >= 11 is 0. The standard InChI is InChI=1S/C9H12N2O/c1-7-3-2-6-11-8(12)4-5-10-9(7)11/h4-5,7H,2-3,6H2,1H3. The van der Waals surface area contributed by atoms with Crippen molar-refractivity contribution in [3.05, 3.63) is 28.4 Å². The van der Waals surface area contributed by atoms with E-state index in [1.54, 1.807) is 10.8 Å². The van der Waals surface area contributed by atoms with Crippen LogP contribution in [0, 0.1) is 0 Å². The zero-order valence-electron chi connectivity index (χ0n) is 7.16. The van der Waals surface area contributed by atoms with Crippen LogP contribution in [0.5, 0.6) is 0 Å². The molecule has 0 radical (unpaired) electrons. The number of hydrogen-bond donors (Lipinski definition) is 0. The van der Waals surface area contributed by atoms with E-state index < -0.39 is 0 Å². The third kappa shape index (κ3) is 1.05. The molecule has 3 nitrogen and oxygen atoms in total. The Hall–Kier alpha value is -1.12. The fraction of sp³-hybridized carbons (Fsp3) is 0.556. The van der Waals surface area contributed by atoms with Crippen molar-refractivity contribution >= 4 is 0 Å². The van der Waals surface area contributed by atoms with E-state index in [-0.39, 0.29) is 5.56 Å². The number of hydrogen-bond acceptors (Lipinski definition) is 2. The molecule has 3 heteroatoms. The maximum atomic E-state index is 11.3. The topological polar surface area (TPSA) is 34.9 Å². The first-order valence-corrected chi connectivity index (χ1v) is 4.35. The quantitative estimate of drug-likeness (QED) is 0.576. The minimum atomic E-state index is 0.0894. The van der Waals surface area contributed by atoms with Crippen LogP contribution in [0.4, 0.5) is 0 Å². The number of rotatable bonds is 0. The molecule has 12 heavy (non-hydrogen) atoms. The summed E-state index contributed by atoms with van der Waals surface area (Å²) < 4.78 is 1.79. The number of nitrogens with zero attached hydrogens (tertiary/aromatic N) is 2. The molecule has 1 atom stereocenters. The molecule has 1 aliphatic heterocycles. The summed E-state index contributed by atoms with van der Waals surface area (Å²) in [5.41, 5.74) is 0.0894. The molecule has 0 spiro atoms. The molecular weight excluding hydrogens is 152 g/mol. The third-order valence-electron chi connectivity index (χ3n) is 2.43. The SMILES string of the molecule is CC1CCCn2c1nccc2=O. The molecular formula is C9H12N2O. The van der Waals surface area contributed by atoms with Crippen LogP contribution in [0.2, 0.25) is 0 Å².